The molecule has 154 valence electrons. The van der Waals surface area contributed by atoms with Gasteiger partial charge in [-0.05, 0) is 68.3 Å². The zero-order valence-corrected chi connectivity index (χ0v) is 17.1. The van der Waals surface area contributed by atoms with Gasteiger partial charge in [0.05, 0.1) is 5.56 Å². The lowest BCUT2D eigenvalue weighted by molar-refractivity contribution is 0.0696. The molecule has 0 saturated carbocycles. The summed E-state index contributed by atoms with van der Waals surface area (Å²) in [5, 5.41) is 9.64. The highest BCUT2D eigenvalue weighted by Crippen LogP contribution is 2.23. The summed E-state index contributed by atoms with van der Waals surface area (Å²) in [5.74, 6) is -1.45. The van der Waals surface area contributed by atoms with Gasteiger partial charge in [0.25, 0.3) is 0 Å². The van der Waals surface area contributed by atoms with E-state index in [1.165, 1.54) is 12.1 Å². The van der Waals surface area contributed by atoms with Crippen LogP contribution in [0.4, 0.5) is 5.69 Å². The van der Waals surface area contributed by atoms with Gasteiger partial charge < -0.3 is 14.4 Å². The molecule has 0 saturated heterocycles. The quantitative estimate of drug-likeness (QED) is 0.350. The molecular formula is C24H23NO5. The Kier molecular flexibility index (Phi) is 6.16. The van der Waals surface area contributed by atoms with Gasteiger partial charge in [-0.15, -0.1) is 0 Å². The number of anilines is 1. The third-order valence-corrected chi connectivity index (χ3v) is 4.99. The lowest BCUT2D eigenvalue weighted by Crippen LogP contribution is -2.21. The number of carbonyl (C=O) groups is 2. The van der Waals surface area contributed by atoms with Crippen LogP contribution in [0, 0.1) is 0 Å². The van der Waals surface area contributed by atoms with Crippen LogP contribution in [0.2, 0.25) is 0 Å². The highest BCUT2D eigenvalue weighted by atomic mass is 16.4. The monoisotopic (exact) mass is 405 g/mol. The van der Waals surface area contributed by atoms with Gasteiger partial charge in [-0.3, -0.25) is 4.79 Å². The molecule has 0 amide bonds. The summed E-state index contributed by atoms with van der Waals surface area (Å²) < 4.78 is 5.44. The minimum absolute atomic E-state index is 0.0333. The van der Waals surface area contributed by atoms with E-state index in [-0.39, 0.29) is 11.1 Å². The van der Waals surface area contributed by atoms with Crippen molar-refractivity contribution in [2.75, 3.05) is 18.0 Å². The van der Waals surface area contributed by atoms with Crippen LogP contribution in [0.5, 0.6) is 0 Å². The molecule has 0 atom stereocenters. The fraction of sp³-hybridized carbons (Fsp3) is 0.208. The van der Waals surface area contributed by atoms with Gasteiger partial charge in [0.2, 0.25) is 0 Å². The fourth-order valence-electron chi connectivity index (χ4n) is 3.29. The van der Waals surface area contributed by atoms with Crippen molar-refractivity contribution < 1.29 is 19.1 Å². The van der Waals surface area contributed by atoms with Crippen LogP contribution in [0.1, 0.15) is 47.1 Å². The summed E-state index contributed by atoms with van der Waals surface area (Å²) in [6.45, 7) is 7.38. The number of nitrogens with zero attached hydrogens (tertiary/aromatic N) is 1. The highest BCUT2D eigenvalue weighted by molar-refractivity contribution is 6.11. The molecule has 0 bridgehead atoms. The van der Waals surface area contributed by atoms with E-state index in [9.17, 15) is 14.4 Å². The maximum atomic E-state index is 12.8. The average Bonchev–Trinajstić information content (AvgIpc) is 2.74. The Labute approximate surface area is 174 Å². The molecule has 1 heterocycles. The van der Waals surface area contributed by atoms with E-state index in [1.807, 2.05) is 18.2 Å². The molecule has 30 heavy (non-hydrogen) atoms. The maximum Gasteiger partial charge on any atom is 0.347 e. The molecule has 1 aromatic heterocycles. The second kappa shape index (κ2) is 8.78. The van der Waals surface area contributed by atoms with Crippen LogP contribution >= 0.6 is 0 Å². The van der Waals surface area contributed by atoms with Crippen molar-refractivity contribution in [3.63, 3.8) is 0 Å². The van der Waals surface area contributed by atoms with Crippen LogP contribution < -0.4 is 10.5 Å². The van der Waals surface area contributed by atoms with Crippen LogP contribution in [-0.2, 0) is 0 Å². The topological polar surface area (TPSA) is 87.8 Å². The third kappa shape index (κ3) is 4.33. The Morgan fingerprint density at radius 3 is 2.30 bits per heavy atom. The van der Waals surface area contributed by atoms with E-state index >= 15 is 0 Å². The van der Waals surface area contributed by atoms with Crippen molar-refractivity contribution in [1.82, 2.24) is 0 Å². The highest BCUT2D eigenvalue weighted by Gasteiger charge is 2.16. The van der Waals surface area contributed by atoms with Crippen molar-refractivity contribution in [1.29, 1.82) is 0 Å². The van der Waals surface area contributed by atoms with Gasteiger partial charge in [0.1, 0.15) is 11.1 Å². The minimum atomic E-state index is -1.02. The predicted octanol–water partition coefficient (Wildman–Crippen LogP) is 4.62. The largest absolute Gasteiger partial charge is 0.478 e. The van der Waals surface area contributed by atoms with Crippen molar-refractivity contribution in [2.45, 2.75) is 20.8 Å². The van der Waals surface area contributed by atoms with Gasteiger partial charge >= 0.3 is 11.6 Å². The van der Waals surface area contributed by atoms with Crippen LogP contribution in [-0.4, -0.2) is 29.9 Å². The number of aromatic carboxylic acids is 1. The maximum absolute atomic E-state index is 12.8. The molecule has 0 unspecified atom stereocenters. The first-order valence-corrected chi connectivity index (χ1v) is 9.73. The van der Waals surface area contributed by atoms with Gasteiger partial charge in [-0.2, -0.15) is 0 Å². The van der Waals surface area contributed by atoms with E-state index < -0.39 is 17.4 Å². The molecule has 0 aliphatic carbocycles. The SMILES string of the molecule is CCN(CC)c1ccc2cc(C(=O)/C(C)=C/c3ccc(C(=O)O)cc3)c(=O)oc2c1. The van der Waals surface area contributed by atoms with E-state index in [0.717, 1.165) is 18.8 Å². The molecule has 0 aliphatic rings. The van der Waals surface area contributed by atoms with E-state index in [1.54, 1.807) is 31.2 Å². The first-order valence-electron chi connectivity index (χ1n) is 9.73. The van der Waals surface area contributed by atoms with Gasteiger partial charge in [0.15, 0.2) is 5.78 Å². The number of carboxylic acid groups (broad SMARTS) is 1. The number of carbonyl (C=O) groups excluding carboxylic acids is 1. The van der Waals surface area contributed by atoms with Gasteiger partial charge in [0, 0.05) is 30.2 Å². The normalized spacial score (nSPS) is 11.5. The zero-order chi connectivity index (χ0) is 21.8. The summed E-state index contributed by atoms with van der Waals surface area (Å²) in [6, 6.07) is 13.3. The average molecular weight is 405 g/mol. The number of carboxylic acids is 1. The molecule has 2 aromatic carbocycles. The van der Waals surface area contributed by atoms with Crippen molar-refractivity contribution >= 4 is 34.5 Å². The molecule has 0 radical (unpaired) electrons. The molecular weight excluding hydrogens is 382 g/mol. The van der Waals surface area contributed by atoms with Gasteiger partial charge in [-0.25, -0.2) is 9.59 Å². The lowest BCUT2D eigenvalue weighted by atomic mass is 10.0. The Hall–Kier alpha value is -3.67. The lowest BCUT2D eigenvalue weighted by Gasteiger charge is -2.21. The Morgan fingerprint density at radius 2 is 1.70 bits per heavy atom. The number of rotatable bonds is 7. The number of hydrogen-bond acceptors (Lipinski definition) is 5. The Bertz CT molecular complexity index is 1180. The number of fused-ring (bicyclic) bond motifs is 1. The molecule has 3 aromatic rings. The molecule has 6 nitrogen and oxygen atoms in total. The number of Topliss-reactive ketones (excluding diaryl/α,β-unsaturated/α-hetero) is 1. The summed E-state index contributed by atoms with van der Waals surface area (Å²) in [5.41, 5.74) is 1.86. The molecule has 1 N–H and O–H groups in total. The van der Waals surface area contributed by atoms with Crippen molar-refractivity contribution in [3.05, 3.63) is 81.2 Å². The van der Waals surface area contributed by atoms with Crippen LogP contribution in [0.25, 0.3) is 17.0 Å². The summed E-state index contributed by atoms with van der Waals surface area (Å²) in [7, 11) is 0. The van der Waals surface area contributed by atoms with E-state index in [0.29, 0.717) is 22.1 Å². The molecule has 0 aliphatic heterocycles. The summed E-state index contributed by atoms with van der Waals surface area (Å²) >= 11 is 0. The second-order valence-electron chi connectivity index (χ2n) is 6.93. The molecule has 0 fully saturated rings. The van der Waals surface area contributed by atoms with Crippen LogP contribution in [0.15, 0.2) is 63.3 Å². The fourth-order valence-corrected chi connectivity index (χ4v) is 3.29. The zero-order valence-electron chi connectivity index (χ0n) is 17.1. The molecule has 0 spiro atoms. The van der Waals surface area contributed by atoms with Gasteiger partial charge in [-0.1, -0.05) is 12.1 Å². The van der Waals surface area contributed by atoms with Crippen molar-refractivity contribution in [3.8, 4) is 0 Å². The predicted molar refractivity (Wildman–Crippen MR) is 117 cm³/mol. The van der Waals surface area contributed by atoms with Crippen LogP contribution in [0.3, 0.4) is 0 Å². The molecule has 3 rings (SSSR count). The summed E-state index contributed by atoms with van der Waals surface area (Å²) in [6.07, 6.45) is 1.61. The molecule has 6 heteroatoms. The smallest absolute Gasteiger partial charge is 0.347 e. The number of ketones is 1. The van der Waals surface area contributed by atoms with Crippen molar-refractivity contribution in [2.24, 2.45) is 0 Å². The van der Waals surface area contributed by atoms with E-state index in [2.05, 4.69) is 18.7 Å². The first kappa shape index (κ1) is 21.0. The van der Waals surface area contributed by atoms with E-state index in [4.69, 9.17) is 9.52 Å². The first-order chi connectivity index (χ1) is 14.3. The summed E-state index contributed by atoms with van der Waals surface area (Å²) in [4.78, 5) is 38.4. The number of hydrogen-bond donors (Lipinski definition) is 1. The number of allylic oxidation sites excluding steroid dienone is 1. The standard InChI is InChI=1S/C24H23NO5/c1-4-25(5-2)19-11-10-18-13-20(24(29)30-21(18)14-19)22(26)15(3)12-16-6-8-17(9-7-16)23(27)28/h6-14H,4-5H2,1-3H3,(H,27,28)/b15-12+. The Balaban J connectivity index is 1.93. The number of benzene rings is 2. The Morgan fingerprint density at radius 1 is 1.03 bits per heavy atom. The second-order valence-corrected chi connectivity index (χ2v) is 6.93. The third-order valence-electron chi connectivity index (χ3n) is 4.99. The minimum Gasteiger partial charge on any atom is -0.478 e.